The molecule has 0 aromatic heterocycles. The van der Waals surface area contributed by atoms with Crippen molar-refractivity contribution in [1.29, 1.82) is 0 Å². The molecule has 2 N–H and O–H groups in total. The molecule has 1 aromatic carbocycles. The van der Waals surface area contributed by atoms with E-state index in [4.69, 9.17) is 5.73 Å². The monoisotopic (exact) mass is 327 g/mol. The number of anilines is 1. The van der Waals surface area contributed by atoms with Crippen molar-refractivity contribution in [3.05, 3.63) is 23.8 Å². The third-order valence-corrected chi connectivity index (χ3v) is 3.85. The van der Waals surface area contributed by atoms with E-state index in [9.17, 15) is 18.0 Å². The zero-order valence-corrected chi connectivity index (χ0v) is 11.1. The van der Waals surface area contributed by atoms with E-state index >= 15 is 0 Å². The van der Waals surface area contributed by atoms with Crippen molar-refractivity contribution in [2.75, 3.05) is 5.73 Å². The number of benzene rings is 1. The highest BCUT2D eigenvalue weighted by atomic mass is 79.9. The maximum absolute atomic E-state index is 12.3. The maximum atomic E-state index is 12.3. The van der Waals surface area contributed by atoms with Gasteiger partial charge in [0.25, 0.3) is 0 Å². The van der Waals surface area contributed by atoms with Crippen LogP contribution in [0.4, 0.5) is 18.9 Å². The normalized spacial score (nSPS) is 13.5. The number of hydrogen-bond acceptors (Lipinski definition) is 3. The second-order valence-corrected chi connectivity index (χ2v) is 5.34. The maximum Gasteiger partial charge on any atom is 0.446 e. The lowest BCUT2D eigenvalue weighted by Crippen LogP contribution is -2.06. The number of nitrogens with two attached hydrogens (primary N) is 1. The molecule has 7 heteroatoms. The number of rotatable bonds is 3. The summed E-state index contributed by atoms with van der Waals surface area (Å²) in [5.41, 5.74) is 1.66. The molecule has 0 heterocycles. The summed E-state index contributed by atoms with van der Waals surface area (Å²) in [6.07, 6.45) is 0. The van der Waals surface area contributed by atoms with Gasteiger partial charge < -0.3 is 5.73 Å². The third kappa shape index (κ3) is 4.23. The molecule has 1 unspecified atom stereocenters. The van der Waals surface area contributed by atoms with E-state index in [2.05, 4.69) is 15.9 Å². The van der Waals surface area contributed by atoms with Crippen LogP contribution < -0.4 is 5.73 Å². The third-order valence-electron chi connectivity index (χ3n) is 1.89. The highest BCUT2D eigenvalue weighted by molar-refractivity contribution is 9.09. The van der Waals surface area contributed by atoms with E-state index in [1.807, 2.05) is 0 Å². The van der Waals surface area contributed by atoms with Crippen molar-refractivity contribution in [2.45, 2.75) is 22.2 Å². The van der Waals surface area contributed by atoms with E-state index in [-0.39, 0.29) is 28.0 Å². The lowest BCUT2D eigenvalue weighted by molar-refractivity contribution is -0.116. The van der Waals surface area contributed by atoms with E-state index in [1.165, 1.54) is 25.1 Å². The molecule has 2 nitrogen and oxygen atoms in total. The van der Waals surface area contributed by atoms with Crippen LogP contribution in [-0.2, 0) is 4.79 Å². The summed E-state index contributed by atoms with van der Waals surface area (Å²) in [5.74, 6) is -0.278. The minimum Gasteiger partial charge on any atom is -0.399 e. The van der Waals surface area contributed by atoms with E-state index in [0.717, 1.165) is 0 Å². The number of thioether (sulfide) groups is 1. The Morgan fingerprint density at radius 1 is 1.47 bits per heavy atom. The predicted octanol–water partition coefficient (Wildman–Crippen LogP) is 3.91. The van der Waals surface area contributed by atoms with Crippen molar-refractivity contribution in [2.24, 2.45) is 0 Å². The zero-order chi connectivity index (χ0) is 13.2. The minimum absolute atomic E-state index is 0.0243. The number of Topliss-reactive ketones (excluding diaryl/α,β-unsaturated/α-hetero) is 1. The summed E-state index contributed by atoms with van der Waals surface area (Å²) in [7, 11) is 0. The van der Waals surface area contributed by atoms with Gasteiger partial charge in [0.1, 0.15) is 5.78 Å². The topological polar surface area (TPSA) is 43.1 Å². The van der Waals surface area contributed by atoms with Crippen LogP contribution in [0.3, 0.4) is 0 Å². The smallest absolute Gasteiger partial charge is 0.399 e. The van der Waals surface area contributed by atoms with Crippen LogP contribution in [0, 0.1) is 0 Å². The van der Waals surface area contributed by atoms with Gasteiger partial charge in [-0.05, 0) is 42.4 Å². The molecule has 0 amide bonds. The van der Waals surface area contributed by atoms with E-state index in [0.29, 0.717) is 5.69 Å². The van der Waals surface area contributed by atoms with Crippen molar-refractivity contribution in [1.82, 2.24) is 0 Å². The van der Waals surface area contributed by atoms with Gasteiger partial charge in [0, 0.05) is 10.6 Å². The Labute approximate surface area is 109 Å². The predicted molar refractivity (Wildman–Crippen MR) is 65.1 cm³/mol. The number of carbonyl (C=O) groups is 1. The van der Waals surface area contributed by atoms with Crippen LogP contribution in [0.15, 0.2) is 23.1 Å². The number of hydrogen-bond donors (Lipinski definition) is 1. The van der Waals surface area contributed by atoms with Gasteiger partial charge in [0.15, 0.2) is 0 Å². The fourth-order valence-electron chi connectivity index (χ4n) is 1.20. The second kappa shape index (κ2) is 5.30. The molecule has 1 aromatic rings. The molecule has 0 bridgehead atoms. The first-order valence-corrected chi connectivity index (χ1v) is 6.23. The molecule has 1 rings (SSSR count). The Balaban J connectivity index is 3.17. The lowest BCUT2D eigenvalue weighted by atomic mass is 10.1. The summed E-state index contributed by atoms with van der Waals surface area (Å²) in [4.78, 5) is 10.4. The van der Waals surface area contributed by atoms with Gasteiger partial charge in [0.05, 0.1) is 4.83 Å². The van der Waals surface area contributed by atoms with Gasteiger partial charge >= 0.3 is 5.51 Å². The molecule has 0 aliphatic rings. The van der Waals surface area contributed by atoms with Crippen LogP contribution in [0.25, 0.3) is 0 Å². The van der Waals surface area contributed by atoms with Crippen LogP contribution in [0.1, 0.15) is 17.3 Å². The van der Waals surface area contributed by atoms with Crippen LogP contribution in [0.2, 0.25) is 0 Å². The zero-order valence-electron chi connectivity index (χ0n) is 8.72. The Bertz CT molecular complexity index is 436. The SMILES string of the molecule is CC(=O)C(Br)c1cc(N)ccc1SC(F)(F)F. The quantitative estimate of drug-likeness (QED) is 0.520. The second-order valence-electron chi connectivity index (χ2n) is 3.32. The molecule has 17 heavy (non-hydrogen) atoms. The number of alkyl halides is 4. The van der Waals surface area contributed by atoms with Gasteiger partial charge in [-0.3, -0.25) is 4.79 Å². The molecule has 1 atom stereocenters. The van der Waals surface area contributed by atoms with E-state index < -0.39 is 10.3 Å². The standard InChI is InChI=1S/C10H9BrF3NOS/c1-5(16)9(11)7-4-6(15)2-3-8(7)17-10(12,13)14/h2-4,9H,15H2,1H3. The lowest BCUT2D eigenvalue weighted by Gasteiger charge is -2.14. The minimum atomic E-state index is -4.39. The average Bonchev–Trinajstić information content (AvgIpc) is 2.17. The van der Waals surface area contributed by atoms with Gasteiger partial charge in [-0.1, -0.05) is 15.9 Å². The molecule has 94 valence electrons. The molecule has 0 spiro atoms. The fraction of sp³-hybridized carbons (Fsp3) is 0.300. The van der Waals surface area contributed by atoms with Crippen molar-refractivity contribution < 1.29 is 18.0 Å². The summed E-state index contributed by atoms with van der Waals surface area (Å²) >= 11 is 2.80. The first-order chi connectivity index (χ1) is 7.70. The molecule has 0 radical (unpaired) electrons. The van der Waals surface area contributed by atoms with Crippen LogP contribution in [-0.4, -0.2) is 11.3 Å². The molecule has 0 aliphatic heterocycles. The fourth-order valence-corrected chi connectivity index (χ4v) is 2.41. The highest BCUT2D eigenvalue weighted by Crippen LogP contribution is 2.42. The average molecular weight is 328 g/mol. The highest BCUT2D eigenvalue weighted by Gasteiger charge is 2.31. The molecule has 0 fully saturated rings. The molecule has 0 aliphatic carbocycles. The van der Waals surface area contributed by atoms with Gasteiger partial charge in [-0.25, -0.2) is 0 Å². The Morgan fingerprint density at radius 2 is 2.06 bits per heavy atom. The first-order valence-electron chi connectivity index (χ1n) is 4.50. The number of nitrogen functional groups attached to an aromatic ring is 1. The van der Waals surface area contributed by atoms with Crippen molar-refractivity contribution >= 4 is 39.2 Å². The summed E-state index contributed by atoms with van der Waals surface area (Å²) in [5, 5.41) is 0. The van der Waals surface area contributed by atoms with Gasteiger partial charge in [0.2, 0.25) is 0 Å². The molecule has 0 saturated carbocycles. The Morgan fingerprint density at radius 3 is 2.53 bits per heavy atom. The Hall–Kier alpha value is -0.690. The van der Waals surface area contributed by atoms with Crippen LogP contribution >= 0.6 is 27.7 Å². The number of ketones is 1. The van der Waals surface area contributed by atoms with Crippen molar-refractivity contribution in [3.63, 3.8) is 0 Å². The summed E-state index contributed by atoms with van der Waals surface area (Å²) < 4.78 is 37.0. The number of carbonyl (C=O) groups excluding carboxylic acids is 1. The van der Waals surface area contributed by atoms with Crippen LogP contribution in [0.5, 0.6) is 0 Å². The van der Waals surface area contributed by atoms with Gasteiger partial charge in [-0.2, -0.15) is 13.2 Å². The largest absolute Gasteiger partial charge is 0.446 e. The summed E-state index contributed by atoms with van der Waals surface area (Å²) in [6.45, 7) is 1.30. The Kier molecular flexibility index (Phi) is 4.48. The molecule has 0 saturated heterocycles. The van der Waals surface area contributed by atoms with E-state index in [1.54, 1.807) is 0 Å². The number of halogens is 4. The van der Waals surface area contributed by atoms with Crippen molar-refractivity contribution in [3.8, 4) is 0 Å². The molecular formula is C10H9BrF3NOS. The summed E-state index contributed by atoms with van der Waals surface area (Å²) in [6, 6.07) is 4.01. The molecular weight excluding hydrogens is 319 g/mol. The first kappa shape index (κ1) is 14.4. The van der Waals surface area contributed by atoms with Gasteiger partial charge in [-0.15, -0.1) is 0 Å².